The molecule has 0 radical (unpaired) electrons. The summed E-state index contributed by atoms with van der Waals surface area (Å²) < 4.78 is 19.9. The smallest absolute Gasteiger partial charge is 0.137 e. The van der Waals surface area contributed by atoms with Crippen LogP contribution in [0.25, 0.3) is 0 Å². The fourth-order valence-electron chi connectivity index (χ4n) is 2.63. The highest BCUT2D eigenvalue weighted by Gasteiger charge is 2.20. The Morgan fingerprint density at radius 2 is 2.37 bits per heavy atom. The minimum Gasteiger partial charge on any atom is -0.378 e. The number of hydrogen-bond acceptors (Lipinski definition) is 2. The van der Waals surface area contributed by atoms with Crippen molar-refractivity contribution in [2.24, 2.45) is 0 Å². The highest BCUT2D eigenvalue weighted by molar-refractivity contribution is 9.10. The van der Waals surface area contributed by atoms with Crippen LogP contribution in [0.1, 0.15) is 44.2 Å². The Morgan fingerprint density at radius 1 is 1.53 bits per heavy atom. The maximum Gasteiger partial charge on any atom is 0.137 e. The highest BCUT2D eigenvalue weighted by Crippen LogP contribution is 2.30. The van der Waals surface area contributed by atoms with Crippen LogP contribution in [0.2, 0.25) is 0 Å². The minimum atomic E-state index is -0.197. The summed E-state index contributed by atoms with van der Waals surface area (Å²) in [6, 6.07) is 5.41. The van der Waals surface area contributed by atoms with Gasteiger partial charge in [0.25, 0.3) is 0 Å². The molecule has 1 fully saturated rings. The van der Waals surface area contributed by atoms with E-state index in [0.717, 1.165) is 38.0 Å². The van der Waals surface area contributed by atoms with E-state index in [1.165, 1.54) is 12.5 Å². The van der Waals surface area contributed by atoms with Gasteiger partial charge in [-0.25, -0.2) is 4.39 Å². The fraction of sp³-hybridized carbons (Fsp3) is 0.600. The minimum absolute atomic E-state index is 0.180. The molecule has 0 aliphatic carbocycles. The molecular formula is C15H21BrFNO. The van der Waals surface area contributed by atoms with Gasteiger partial charge in [-0.1, -0.05) is 19.1 Å². The Hall–Kier alpha value is -0.450. The second kappa shape index (κ2) is 7.36. The van der Waals surface area contributed by atoms with E-state index in [0.29, 0.717) is 10.6 Å². The molecule has 0 bridgehead atoms. The van der Waals surface area contributed by atoms with Gasteiger partial charge in [0, 0.05) is 12.6 Å². The van der Waals surface area contributed by atoms with Crippen LogP contribution in [-0.4, -0.2) is 19.3 Å². The lowest BCUT2D eigenvalue weighted by atomic mass is 9.99. The molecule has 0 amide bonds. The Bertz CT molecular complexity index is 407. The van der Waals surface area contributed by atoms with Crippen LogP contribution in [0, 0.1) is 5.82 Å². The van der Waals surface area contributed by atoms with Crippen molar-refractivity contribution in [2.75, 3.05) is 13.2 Å². The quantitative estimate of drug-likeness (QED) is 0.844. The summed E-state index contributed by atoms with van der Waals surface area (Å²) in [5.74, 6) is -0.197. The predicted molar refractivity (Wildman–Crippen MR) is 78.7 cm³/mol. The fourth-order valence-corrected chi connectivity index (χ4v) is 3.17. The van der Waals surface area contributed by atoms with Crippen molar-refractivity contribution in [3.63, 3.8) is 0 Å². The summed E-state index contributed by atoms with van der Waals surface area (Å²) >= 11 is 3.36. The zero-order valence-corrected chi connectivity index (χ0v) is 12.9. The Kier molecular flexibility index (Phi) is 5.79. The maximum atomic E-state index is 13.6. The lowest BCUT2D eigenvalue weighted by molar-refractivity contribution is 0.0996. The van der Waals surface area contributed by atoms with E-state index in [4.69, 9.17) is 4.74 Å². The molecule has 19 heavy (non-hydrogen) atoms. The van der Waals surface area contributed by atoms with Crippen LogP contribution in [-0.2, 0) is 4.74 Å². The molecule has 1 aromatic carbocycles. The standard InChI is InChI=1S/C15H21BrFNO/c1-2-18-14(9-8-11-5-4-10-19-11)12-6-3-7-13(17)15(12)16/h3,6-7,11,14,18H,2,4-5,8-10H2,1H3. The molecule has 1 heterocycles. The SMILES string of the molecule is CCNC(CCC1CCCO1)c1cccc(F)c1Br. The second-order valence-electron chi connectivity index (χ2n) is 4.97. The number of halogens is 2. The van der Waals surface area contributed by atoms with E-state index in [1.54, 1.807) is 6.07 Å². The molecule has 1 aliphatic rings. The van der Waals surface area contributed by atoms with Crippen molar-refractivity contribution in [2.45, 2.75) is 44.8 Å². The summed E-state index contributed by atoms with van der Waals surface area (Å²) in [4.78, 5) is 0. The van der Waals surface area contributed by atoms with Crippen molar-refractivity contribution in [3.8, 4) is 0 Å². The normalized spacial score (nSPS) is 20.7. The predicted octanol–water partition coefficient (Wildman–Crippen LogP) is 4.20. The van der Waals surface area contributed by atoms with Gasteiger partial charge in [-0.3, -0.25) is 0 Å². The zero-order chi connectivity index (χ0) is 13.7. The van der Waals surface area contributed by atoms with Crippen molar-refractivity contribution >= 4 is 15.9 Å². The van der Waals surface area contributed by atoms with Crippen LogP contribution in [0.15, 0.2) is 22.7 Å². The third-order valence-corrected chi connectivity index (χ3v) is 4.45. The molecule has 2 rings (SSSR count). The summed E-state index contributed by atoms with van der Waals surface area (Å²) in [5, 5.41) is 3.44. The molecule has 2 atom stereocenters. The first-order valence-electron chi connectivity index (χ1n) is 7.01. The van der Waals surface area contributed by atoms with Crippen LogP contribution in [0.5, 0.6) is 0 Å². The van der Waals surface area contributed by atoms with Crippen LogP contribution >= 0.6 is 15.9 Å². The number of hydrogen-bond donors (Lipinski definition) is 1. The average Bonchev–Trinajstić information content (AvgIpc) is 2.91. The van der Waals surface area contributed by atoms with E-state index in [9.17, 15) is 4.39 Å². The van der Waals surface area contributed by atoms with Gasteiger partial charge in [0.15, 0.2) is 0 Å². The largest absolute Gasteiger partial charge is 0.378 e. The van der Waals surface area contributed by atoms with Gasteiger partial charge in [-0.05, 0) is 59.8 Å². The summed E-state index contributed by atoms with van der Waals surface area (Å²) in [7, 11) is 0. The topological polar surface area (TPSA) is 21.3 Å². The Balaban J connectivity index is 2.03. The van der Waals surface area contributed by atoms with E-state index in [2.05, 4.69) is 28.2 Å². The number of ether oxygens (including phenoxy) is 1. The third kappa shape index (κ3) is 4.01. The van der Waals surface area contributed by atoms with E-state index >= 15 is 0 Å². The van der Waals surface area contributed by atoms with Gasteiger partial charge in [-0.2, -0.15) is 0 Å². The zero-order valence-electron chi connectivity index (χ0n) is 11.3. The van der Waals surface area contributed by atoms with Gasteiger partial charge in [0.05, 0.1) is 10.6 Å². The van der Waals surface area contributed by atoms with Crippen LogP contribution in [0.4, 0.5) is 4.39 Å². The Morgan fingerprint density at radius 3 is 3.05 bits per heavy atom. The maximum absolute atomic E-state index is 13.6. The highest BCUT2D eigenvalue weighted by atomic mass is 79.9. The molecule has 0 saturated carbocycles. The monoisotopic (exact) mass is 329 g/mol. The first kappa shape index (κ1) is 14.9. The molecule has 1 aliphatic heterocycles. The Labute approximate surface area is 122 Å². The molecule has 1 N–H and O–H groups in total. The number of nitrogens with one attached hydrogen (secondary N) is 1. The third-order valence-electron chi connectivity index (χ3n) is 3.61. The lowest BCUT2D eigenvalue weighted by Gasteiger charge is -2.21. The number of rotatable bonds is 6. The van der Waals surface area contributed by atoms with Gasteiger partial charge in [0.2, 0.25) is 0 Å². The van der Waals surface area contributed by atoms with Crippen molar-refractivity contribution in [1.29, 1.82) is 0 Å². The van der Waals surface area contributed by atoms with Gasteiger partial charge >= 0.3 is 0 Å². The van der Waals surface area contributed by atoms with Gasteiger partial charge in [0.1, 0.15) is 5.82 Å². The lowest BCUT2D eigenvalue weighted by Crippen LogP contribution is -2.23. The van der Waals surface area contributed by atoms with Crippen LogP contribution < -0.4 is 5.32 Å². The first-order valence-corrected chi connectivity index (χ1v) is 7.80. The van der Waals surface area contributed by atoms with Gasteiger partial charge < -0.3 is 10.1 Å². The van der Waals surface area contributed by atoms with Crippen molar-refractivity contribution in [3.05, 3.63) is 34.1 Å². The van der Waals surface area contributed by atoms with Crippen molar-refractivity contribution in [1.82, 2.24) is 5.32 Å². The molecule has 0 spiro atoms. The average molecular weight is 330 g/mol. The summed E-state index contributed by atoms with van der Waals surface area (Å²) in [5.41, 5.74) is 1.000. The second-order valence-corrected chi connectivity index (χ2v) is 5.76. The molecule has 0 aromatic heterocycles. The van der Waals surface area contributed by atoms with Crippen molar-refractivity contribution < 1.29 is 9.13 Å². The molecule has 106 valence electrons. The first-order chi connectivity index (χ1) is 9.22. The number of benzene rings is 1. The molecule has 1 aromatic rings. The summed E-state index contributed by atoms with van der Waals surface area (Å²) in [6.07, 6.45) is 4.71. The molecule has 1 saturated heterocycles. The summed E-state index contributed by atoms with van der Waals surface area (Å²) in [6.45, 7) is 3.84. The van der Waals surface area contributed by atoms with Gasteiger partial charge in [-0.15, -0.1) is 0 Å². The molecule has 2 nitrogen and oxygen atoms in total. The molecule has 4 heteroatoms. The van der Waals surface area contributed by atoms with E-state index < -0.39 is 0 Å². The van der Waals surface area contributed by atoms with Crippen LogP contribution in [0.3, 0.4) is 0 Å². The van der Waals surface area contributed by atoms with E-state index in [-0.39, 0.29) is 11.9 Å². The van der Waals surface area contributed by atoms with E-state index in [1.807, 2.05) is 6.07 Å². The molecular weight excluding hydrogens is 309 g/mol. The molecule has 2 unspecified atom stereocenters.